The lowest BCUT2D eigenvalue weighted by Crippen LogP contribution is -2.36. The standard InChI is InChI=1S/C25H21F3N4O4S/c26-25(27,28)36-21-9-8-18(16-33)14-22(21)37(34,35)32-15-19-7-4-10-29-23(19)31-12-11-30-24(31)20(32)13-17-5-2-1-3-6-17/h1-12,14,20,33H,13,15-16H2. The Bertz CT molecular complexity index is 1520. The molecule has 0 saturated carbocycles. The van der Waals surface area contributed by atoms with Gasteiger partial charge in [0.2, 0.25) is 10.0 Å². The van der Waals surface area contributed by atoms with Crippen molar-refractivity contribution in [1.29, 1.82) is 0 Å². The van der Waals surface area contributed by atoms with E-state index in [1.165, 1.54) is 12.3 Å². The van der Waals surface area contributed by atoms with Crippen LogP contribution in [0.2, 0.25) is 0 Å². The number of halogens is 3. The summed E-state index contributed by atoms with van der Waals surface area (Å²) >= 11 is 0. The minimum atomic E-state index is -5.12. The molecule has 12 heteroatoms. The van der Waals surface area contributed by atoms with E-state index in [9.17, 15) is 26.7 Å². The van der Waals surface area contributed by atoms with E-state index in [0.717, 1.165) is 22.0 Å². The highest BCUT2D eigenvalue weighted by Crippen LogP contribution is 2.40. The van der Waals surface area contributed by atoms with Crippen molar-refractivity contribution >= 4 is 10.0 Å². The molecule has 8 nitrogen and oxygen atoms in total. The van der Waals surface area contributed by atoms with Gasteiger partial charge >= 0.3 is 6.36 Å². The van der Waals surface area contributed by atoms with Crippen LogP contribution in [0.3, 0.4) is 0 Å². The van der Waals surface area contributed by atoms with Gasteiger partial charge in [-0.15, -0.1) is 13.2 Å². The minimum absolute atomic E-state index is 0.117. The summed E-state index contributed by atoms with van der Waals surface area (Å²) in [5.41, 5.74) is 1.46. The second-order valence-corrected chi connectivity index (χ2v) is 10.2. The number of hydrogen-bond acceptors (Lipinski definition) is 6. The van der Waals surface area contributed by atoms with Crippen LogP contribution < -0.4 is 4.74 Å². The van der Waals surface area contributed by atoms with Gasteiger partial charge in [-0.25, -0.2) is 18.4 Å². The fraction of sp³-hybridized carbons (Fsp3) is 0.200. The summed E-state index contributed by atoms with van der Waals surface area (Å²) in [6.45, 7) is -0.749. The molecule has 3 heterocycles. The van der Waals surface area contributed by atoms with Gasteiger partial charge in [-0.05, 0) is 35.7 Å². The van der Waals surface area contributed by atoms with Gasteiger partial charge in [-0.3, -0.25) is 4.57 Å². The number of alkyl halides is 3. The van der Waals surface area contributed by atoms with Crippen LogP contribution in [-0.2, 0) is 29.6 Å². The molecule has 37 heavy (non-hydrogen) atoms. The Hall–Kier alpha value is -3.74. The topological polar surface area (TPSA) is 97.5 Å². The molecule has 0 radical (unpaired) electrons. The summed E-state index contributed by atoms with van der Waals surface area (Å²) in [6.07, 6.45) is -0.175. The minimum Gasteiger partial charge on any atom is -0.404 e. The van der Waals surface area contributed by atoms with Crippen LogP contribution >= 0.6 is 0 Å². The maximum Gasteiger partial charge on any atom is 0.573 e. The average Bonchev–Trinajstić information content (AvgIpc) is 3.31. The van der Waals surface area contributed by atoms with Crippen molar-refractivity contribution in [3.63, 3.8) is 0 Å². The molecule has 192 valence electrons. The summed E-state index contributed by atoms with van der Waals surface area (Å²) in [5.74, 6) is -0.0507. The van der Waals surface area contributed by atoms with Gasteiger partial charge in [0.15, 0.2) is 0 Å². The Morgan fingerprint density at radius 3 is 2.51 bits per heavy atom. The molecule has 0 amide bonds. The number of aromatic nitrogens is 3. The fourth-order valence-corrected chi connectivity index (χ4v) is 6.12. The number of aliphatic hydroxyl groups is 1. The van der Waals surface area contributed by atoms with E-state index in [1.807, 2.05) is 30.3 Å². The zero-order valence-electron chi connectivity index (χ0n) is 19.2. The van der Waals surface area contributed by atoms with E-state index < -0.39 is 39.7 Å². The van der Waals surface area contributed by atoms with Crippen LogP contribution in [0.5, 0.6) is 5.75 Å². The number of ether oxygens (including phenoxy) is 1. The highest BCUT2D eigenvalue weighted by atomic mass is 32.2. The van der Waals surface area contributed by atoms with Crippen molar-refractivity contribution in [1.82, 2.24) is 18.8 Å². The molecule has 0 saturated heterocycles. The largest absolute Gasteiger partial charge is 0.573 e. The van der Waals surface area contributed by atoms with Gasteiger partial charge in [0.1, 0.15) is 22.3 Å². The molecule has 4 aromatic rings. The van der Waals surface area contributed by atoms with Crippen molar-refractivity contribution in [2.75, 3.05) is 0 Å². The Morgan fingerprint density at radius 1 is 1.00 bits per heavy atom. The van der Waals surface area contributed by atoms with E-state index in [2.05, 4.69) is 14.7 Å². The molecule has 2 aromatic carbocycles. The number of sulfonamides is 1. The first-order valence-electron chi connectivity index (χ1n) is 11.2. The Balaban J connectivity index is 1.71. The maximum absolute atomic E-state index is 14.2. The molecule has 1 atom stereocenters. The van der Waals surface area contributed by atoms with Crippen molar-refractivity contribution < 1.29 is 31.4 Å². The van der Waals surface area contributed by atoms with E-state index in [1.54, 1.807) is 29.1 Å². The summed E-state index contributed by atoms with van der Waals surface area (Å²) < 4.78 is 74.9. The monoisotopic (exact) mass is 530 g/mol. The van der Waals surface area contributed by atoms with Crippen LogP contribution in [0.25, 0.3) is 5.82 Å². The quantitative estimate of drug-likeness (QED) is 0.402. The van der Waals surface area contributed by atoms with Crippen molar-refractivity contribution in [3.05, 3.63) is 102 Å². The van der Waals surface area contributed by atoms with Gasteiger partial charge in [0, 0.05) is 30.7 Å². The number of pyridine rings is 1. The molecular formula is C25H21F3N4O4S. The fourth-order valence-electron chi connectivity index (χ4n) is 4.39. The third kappa shape index (κ3) is 4.95. The molecule has 1 aliphatic rings. The number of rotatable bonds is 6. The van der Waals surface area contributed by atoms with Crippen LogP contribution in [0, 0.1) is 0 Å². The second-order valence-electron chi connectivity index (χ2n) is 8.38. The lowest BCUT2D eigenvalue weighted by Gasteiger charge is -2.29. The molecule has 0 fully saturated rings. The Labute approximate surface area is 210 Å². The van der Waals surface area contributed by atoms with Gasteiger partial charge < -0.3 is 9.84 Å². The molecule has 1 aliphatic heterocycles. The third-order valence-corrected chi connectivity index (χ3v) is 7.89. The summed E-state index contributed by atoms with van der Waals surface area (Å²) in [5, 5.41) is 9.59. The predicted molar refractivity (Wildman–Crippen MR) is 126 cm³/mol. The van der Waals surface area contributed by atoms with E-state index in [4.69, 9.17) is 0 Å². The normalized spacial score (nSPS) is 16.1. The van der Waals surface area contributed by atoms with Gasteiger partial charge in [-0.2, -0.15) is 4.31 Å². The zero-order valence-corrected chi connectivity index (χ0v) is 20.0. The third-order valence-electron chi connectivity index (χ3n) is 6.01. The number of nitrogens with zero attached hydrogens (tertiary/aromatic N) is 4. The van der Waals surface area contributed by atoms with Crippen LogP contribution in [0.4, 0.5) is 13.2 Å². The van der Waals surface area contributed by atoms with Crippen LogP contribution in [0.15, 0.2) is 84.1 Å². The Kier molecular flexibility index (Phi) is 6.48. The molecule has 0 aliphatic carbocycles. The number of aliphatic hydroxyl groups excluding tert-OH is 1. The zero-order chi connectivity index (χ0) is 26.2. The molecule has 1 unspecified atom stereocenters. The van der Waals surface area contributed by atoms with E-state index >= 15 is 0 Å². The smallest absolute Gasteiger partial charge is 0.404 e. The first kappa shape index (κ1) is 24.9. The van der Waals surface area contributed by atoms with Gasteiger partial charge in [0.05, 0.1) is 12.6 Å². The first-order chi connectivity index (χ1) is 17.7. The predicted octanol–water partition coefficient (Wildman–Crippen LogP) is 4.15. The summed E-state index contributed by atoms with van der Waals surface area (Å²) in [7, 11) is -4.64. The molecular weight excluding hydrogens is 509 g/mol. The molecule has 2 aromatic heterocycles. The van der Waals surface area contributed by atoms with Gasteiger partial charge in [-0.1, -0.05) is 42.5 Å². The first-order valence-corrected chi connectivity index (χ1v) is 12.6. The summed E-state index contributed by atoms with van der Waals surface area (Å²) in [6, 6.07) is 14.7. The second kappa shape index (κ2) is 9.61. The lowest BCUT2D eigenvalue weighted by atomic mass is 10.1. The number of benzene rings is 2. The van der Waals surface area contributed by atoms with Crippen LogP contribution in [0.1, 0.15) is 28.6 Å². The molecule has 0 bridgehead atoms. The average molecular weight is 531 g/mol. The molecule has 1 N–H and O–H groups in total. The van der Waals surface area contributed by atoms with E-state index in [-0.39, 0.29) is 18.5 Å². The van der Waals surface area contributed by atoms with Crippen molar-refractivity contribution in [3.8, 4) is 11.6 Å². The number of fused-ring (bicyclic) bond motifs is 3. The maximum atomic E-state index is 14.2. The van der Waals surface area contributed by atoms with Crippen molar-refractivity contribution in [2.45, 2.75) is 36.9 Å². The summed E-state index contributed by atoms with van der Waals surface area (Å²) in [4.78, 5) is 8.14. The van der Waals surface area contributed by atoms with Crippen LogP contribution in [-0.4, -0.2) is 38.7 Å². The SMILES string of the molecule is O=S(=O)(c1cc(CO)ccc1OC(F)(F)F)N1Cc2cccnc2-n2ccnc2C1Cc1ccccc1. The Morgan fingerprint density at radius 2 is 1.78 bits per heavy atom. The molecule has 0 spiro atoms. The highest BCUT2D eigenvalue weighted by Gasteiger charge is 2.41. The van der Waals surface area contributed by atoms with Gasteiger partial charge in [0.25, 0.3) is 0 Å². The number of imidazole rings is 1. The van der Waals surface area contributed by atoms with Crippen molar-refractivity contribution in [2.24, 2.45) is 0 Å². The number of hydrogen-bond donors (Lipinski definition) is 1. The van der Waals surface area contributed by atoms with E-state index in [0.29, 0.717) is 17.2 Å². The lowest BCUT2D eigenvalue weighted by molar-refractivity contribution is -0.275. The molecule has 5 rings (SSSR count). The highest BCUT2D eigenvalue weighted by molar-refractivity contribution is 7.89.